The molecule has 0 fully saturated rings. The van der Waals surface area contributed by atoms with Crippen molar-refractivity contribution in [1.29, 1.82) is 0 Å². The summed E-state index contributed by atoms with van der Waals surface area (Å²) in [5.74, 6) is 0. The van der Waals surface area contributed by atoms with Gasteiger partial charge in [-0.05, 0) is 0 Å². The minimum atomic E-state index is -7.10. The Bertz CT molecular complexity index is 544. The first-order valence-corrected chi connectivity index (χ1v) is 19.4. The Balaban J connectivity index is -0.000000155. The van der Waals surface area contributed by atoms with E-state index >= 15 is 0 Å². The molecule has 0 aliphatic carbocycles. The monoisotopic (exact) mass is 910 g/mol. The molecule has 0 unspecified atom stereocenters. The molecule has 1 radical (unpaired) electrons. The number of unbranched alkanes of at least 4 members (excludes halogenated alkanes) is 6. The fourth-order valence-corrected chi connectivity index (χ4v) is 4.78. The van der Waals surface area contributed by atoms with Crippen LogP contribution in [0.25, 0.3) is 16.0 Å². The Morgan fingerprint density at radius 2 is 0.630 bits per heavy atom. The maximum absolute atomic E-state index is 11.3. The van der Waals surface area contributed by atoms with E-state index in [4.69, 9.17) is 0 Å². The third kappa shape index (κ3) is 48.4. The van der Waals surface area contributed by atoms with Gasteiger partial charge in [-0.25, -0.2) is 12.1 Å². The zero-order valence-corrected chi connectivity index (χ0v) is 34.5. The predicted molar refractivity (Wildman–Crippen MR) is 175 cm³/mol. The third-order valence-electron chi connectivity index (χ3n) is 5.42. The largest absolute Gasteiger partial charge is 4.00 e. The van der Waals surface area contributed by atoms with E-state index in [1.54, 1.807) is 0 Å². The summed E-state index contributed by atoms with van der Waals surface area (Å²) in [4.78, 5) is 0. The molecule has 1 aromatic rings. The zero-order valence-electron chi connectivity index (χ0n) is 28.9. The van der Waals surface area contributed by atoms with Crippen LogP contribution in [0.15, 0.2) is 30.3 Å². The van der Waals surface area contributed by atoms with Gasteiger partial charge in [-0.3, -0.25) is 0 Å². The molecule has 0 N–H and O–H groups in total. The molecule has 14 heteroatoms. The summed E-state index contributed by atoms with van der Waals surface area (Å²) >= 11 is -7.10. The average molecular weight is 908 g/mol. The van der Waals surface area contributed by atoms with Gasteiger partial charge >= 0.3 is 94.7 Å². The van der Waals surface area contributed by atoms with E-state index < -0.39 is 29.4 Å². The molecule has 0 aliphatic rings. The van der Waals surface area contributed by atoms with Gasteiger partial charge in [0.1, 0.15) is 0 Å². The summed E-state index contributed by atoms with van der Waals surface area (Å²) in [5.41, 5.74) is 0. The minimum absolute atomic E-state index is 0. The number of halogens is 9. The topological polar surface area (TPSA) is 42.3 Å². The number of hydrogen-bond acceptors (Lipinski definition) is 0. The number of rotatable bonds is 18. The van der Waals surface area contributed by atoms with Crippen molar-refractivity contribution < 1.29 is 65.4 Å². The molecule has 0 heterocycles. The van der Waals surface area contributed by atoms with Crippen molar-refractivity contribution in [2.75, 3.05) is 39.3 Å². The molecule has 0 atom stereocenters. The SMILES string of the molecule is CCCC[N-]CCCC.CCCC[N-]CCCC.CCCC[N-]CCCC.F[C](F)(F)[Ge]([C](F)(F)F)[C](F)(F)F.[Hf+4].c1cc[cH-]c1. The fraction of sp³-hybridized carbons (Fsp3) is 0.844. The molecular formula is C32H59F9GeHfN3. The van der Waals surface area contributed by atoms with Crippen LogP contribution in [0.1, 0.15) is 119 Å². The molecule has 0 saturated carbocycles. The molecule has 273 valence electrons. The molecule has 1 rings (SSSR count). The first-order chi connectivity index (χ1) is 21.1. The number of nitrogens with zero attached hydrogens (tertiary/aromatic N) is 3. The molecule has 0 saturated heterocycles. The van der Waals surface area contributed by atoms with Crippen molar-refractivity contribution in [3.05, 3.63) is 46.3 Å². The Kier molecular flexibility index (Phi) is 47.5. The summed E-state index contributed by atoms with van der Waals surface area (Å²) in [5, 5.41) is -5.54. The molecule has 0 amide bonds. The Morgan fingerprint density at radius 1 is 0.435 bits per heavy atom. The van der Waals surface area contributed by atoms with Crippen LogP contribution in [-0.4, -0.2) is 68.6 Å². The van der Waals surface area contributed by atoms with Crippen molar-refractivity contribution in [2.45, 2.75) is 134 Å². The second-order valence-corrected chi connectivity index (χ2v) is 15.1. The van der Waals surface area contributed by atoms with E-state index in [9.17, 15) is 39.5 Å². The van der Waals surface area contributed by atoms with E-state index in [0.29, 0.717) is 0 Å². The van der Waals surface area contributed by atoms with Crippen LogP contribution in [0.4, 0.5) is 39.5 Å². The third-order valence-corrected chi connectivity index (χ3v) is 8.99. The zero-order chi connectivity index (χ0) is 35.5. The molecule has 46 heavy (non-hydrogen) atoms. The molecular weight excluding hydrogens is 848 g/mol. The van der Waals surface area contributed by atoms with E-state index in [0.717, 1.165) is 39.3 Å². The van der Waals surface area contributed by atoms with Crippen molar-refractivity contribution in [2.24, 2.45) is 0 Å². The van der Waals surface area contributed by atoms with E-state index in [1.165, 1.54) is 77.0 Å². The van der Waals surface area contributed by atoms with Crippen LogP contribution < -0.4 is 0 Å². The maximum Gasteiger partial charge on any atom is 4.00 e. The van der Waals surface area contributed by atoms with Crippen LogP contribution in [0.2, 0.25) is 0 Å². The molecule has 0 aliphatic heterocycles. The van der Waals surface area contributed by atoms with Gasteiger partial charge in [0.15, 0.2) is 0 Å². The van der Waals surface area contributed by atoms with E-state index in [-0.39, 0.29) is 25.8 Å². The summed E-state index contributed by atoms with van der Waals surface area (Å²) < 4.78 is 102. The van der Waals surface area contributed by atoms with Crippen LogP contribution in [-0.2, 0) is 25.8 Å². The second kappa shape index (κ2) is 39.5. The average Bonchev–Trinajstić information content (AvgIpc) is 3.52. The first-order valence-electron chi connectivity index (χ1n) is 16.3. The normalized spacial score (nSPS) is 11.0. The fourth-order valence-electron chi connectivity index (χ4n) is 2.76. The van der Waals surface area contributed by atoms with Crippen LogP contribution in [0, 0.1) is 0 Å². The van der Waals surface area contributed by atoms with Crippen molar-refractivity contribution in [3.8, 4) is 0 Å². The van der Waals surface area contributed by atoms with Gasteiger partial charge in [-0.2, -0.15) is 18.2 Å². The van der Waals surface area contributed by atoms with Crippen LogP contribution in [0.5, 0.6) is 0 Å². The maximum atomic E-state index is 11.3. The molecule has 1 aromatic carbocycles. The minimum Gasteiger partial charge on any atom is -0.214 e. The van der Waals surface area contributed by atoms with Gasteiger partial charge < -0.3 is 16.0 Å². The Hall–Kier alpha value is 0.0130. The van der Waals surface area contributed by atoms with Gasteiger partial charge in [0.05, 0.1) is 0 Å². The molecule has 0 bridgehead atoms. The van der Waals surface area contributed by atoms with Crippen LogP contribution in [0.3, 0.4) is 0 Å². The smallest absolute Gasteiger partial charge is 0.214 e. The van der Waals surface area contributed by atoms with E-state index in [2.05, 4.69) is 57.5 Å². The standard InChI is InChI=1S/3C8H18N.C5H5.C3F9Ge.Hf/c3*1-3-5-7-9-8-6-4-2;1-2-4-5-3-1;4-1(5,6)13(2(7,8)9)3(10,11)12;/h3*3-8H2,1-2H3;1-5H;;/q4*-1;;+4. The summed E-state index contributed by atoms with van der Waals surface area (Å²) in [7, 11) is 0. The van der Waals surface area contributed by atoms with Gasteiger partial charge in [-0.1, -0.05) is 119 Å². The number of hydrogen-bond donors (Lipinski definition) is 0. The summed E-state index contributed by atoms with van der Waals surface area (Å²) in [6.07, 6.45) is 15.2. The molecule has 0 spiro atoms. The summed E-state index contributed by atoms with van der Waals surface area (Å²) in [6, 6.07) is 10.0. The summed E-state index contributed by atoms with van der Waals surface area (Å²) in [6.45, 7) is 19.7. The second-order valence-electron chi connectivity index (χ2n) is 9.96. The van der Waals surface area contributed by atoms with Crippen molar-refractivity contribution in [3.63, 3.8) is 0 Å². The number of alkyl halides is 9. The molecule has 0 aromatic heterocycles. The van der Waals surface area contributed by atoms with Crippen molar-refractivity contribution in [1.82, 2.24) is 0 Å². The van der Waals surface area contributed by atoms with Gasteiger partial charge in [0, 0.05) is 0 Å². The predicted octanol–water partition coefficient (Wildman–Crippen LogP) is 13.1. The van der Waals surface area contributed by atoms with E-state index in [1.807, 2.05) is 30.3 Å². The van der Waals surface area contributed by atoms with Crippen LogP contribution >= 0.6 is 0 Å². The Morgan fingerprint density at radius 3 is 0.717 bits per heavy atom. The van der Waals surface area contributed by atoms with Gasteiger partial charge in [0.2, 0.25) is 0 Å². The quantitative estimate of drug-likeness (QED) is 0.0610. The Labute approximate surface area is 297 Å². The first kappa shape index (κ1) is 55.4. The van der Waals surface area contributed by atoms with Gasteiger partial charge in [-0.15, -0.1) is 39.3 Å². The molecule has 3 nitrogen and oxygen atoms in total. The van der Waals surface area contributed by atoms with Gasteiger partial charge in [0.25, 0.3) is 0 Å². The van der Waals surface area contributed by atoms with Crippen molar-refractivity contribution >= 4 is 14.3 Å².